The number of hydrogen-bond donors (Lipinski definition) is 2. The van der Waals surface area contributed by atoms with Crippen LogP contribution >= 0.6 is 11.8 Å². The lowest BCUT2D eigenvalue weighted by Gasteiger charge is -2.10. The van der Waals surface area contributed by atoms with Gasteiger partial charge in [0.2, 0.25) is 11.8 Å². The van der Waals surface area contributed by atoms with Crippen LogP contribution < -0.4 is 20.1 Å². The second kappa shape index (κ2) is 14.0. The summed E-state index contributed by atoms with van der Waals surface area (Å²) < 4.78 is 17.4. The van der Waals surface area contributed by atoms with Crippen LogP contribution in [0.4, 0.5) is 5.69 Å². The van der Waals surface area contributed by atoms with Crippen molar-refractivity contribution in [2.75, 3.05) is 25.3 Å². The first kappa shape index (κ1) is 29.2. The molecule has 12 heteroatoms. The Kier molecular flexibility index (Phi) is 10.5. The van der Waals surface area contributed by atoms with Crippen molar-refractivity contribution < 1.29 is 28.6 Å². The van der Waals surface area contributed by atoms with E-state index in [4.69, 9.17) is 14.2 Å². The van der Waals surface area contributed by atoms with Crippen LogP contribution in [0.25, 0.3) is 6.08 Å². The molecule has 206 valence electrons. The van der Waals surface area contributed by atoms with Crippen LogP contribution in [0.15, 0.2) is 53.7 Å². The number of amides is 2. The van der Waals surface area contributed by atoms with Crippen molar-refractivity contribution in [2.45, 2.75) is 31.7 Å². The summed E-state index contributed by atoms with van der Waals surface area (Å²) in [5.74, 6) is 0.747. The van der Waals surface area contributed by atoms with E-state index in [1.807, 2.05) is 6.07 Å². The van der Waals surface area contributed by atoms with Crippen LogP contribution in [0.5, 0.6) is 11.5 Å². The fraction of sp³-hybridized carbons (Fsp3) is 0.296. The summed E-state index contributed by atoms with van der Waals surface area (Å²) in [6.07, 6.45) is 2.84. The zero-order valence-corrected chi connectivity index (χ0v) is 23.2. The van der Waals surface area contributed by atoms with E-state index in [2.05, 4.69) is 20.8 Å². The first-order valence-corrected chi connectivity index (χ1v) is 13.0. The highest BCUT2D eigenvalue weighted by atomic mass is 32.2. The fourth-order valence-corrected chi connectivity index (χ4v) is 4.04. The van der Waals surface area contributed by atoms with E-state index in [1.54, 1.807) is 82.2 Å². The molecule has 3 rings (SSSR count). The number of nitrogens with zero attached hydrogens (tertiary/aromatic N) is 3. The summed E-state index contributed by atoms with van der Waals surface area (Å²) in [6, 6.07) is 11.9. The summed E-state index contributed by atoms with van der Waals surface area (Å²) in [4.78, 5) is 36.8. The van der Waals surface area contributed by atoms with Gasteiger partial charge in [-0.3, -0.25) is 9.59 Å². The highest BCUT2D eigenvalue weighted by Crippen LogP contribution is 2.28. The molecule has 0 bridgehead atoms. The van der Waals surface area contributed by atoms with Crippen LogP contribution in [0.3, 0.4) is 0 Å². The summed E-state index contributed by atoms with van der Waals surface area (Å²) in [5, 5.41) is 14.3. The number of nitrogens with one attached hydrogen (secondary N) is 2. The van der Waals surface area contributed by atoms with Gasteiger partial charge < -0.3 is 29.4 Å². The Hall–Kier alpha value is -4.32. The Balaban J connectivity index is 1.49. The van der Waals surface area contributed by atoms with Crippen molar-refractivity contribution >= 4 is 41.3 Å². The van der Waals surface area contributed by atoms with Gasteiger partial charge in [-0.15, -0.1) is 10.2 Å². The van der Waals surface area contributed by atoms with Crippen molar-refractivity contribution in [1.82, 2.24) is 20.1 Å². The number of rotatable bonds is 12. The van der Waals surface area contributed by atoms with Crippen molar-refractivity contribution in [3.8, 4) is 11.5 Å². The lowest BCUT2D eigenvalue weighted by molar-refractivity contribution is -0.116. The first-order valence-electron chi connectivity index (χ1n) is 12.0. The zero-order valence-electron chi connectivity index (χ0n) is 22.4. The number of thioether (sulfide) groups is 1. The molecule has 0 aliphatic carbocycles. The van der Waals surface area contributed by atoms with Gasteiger partial charge in [-0.1, -0.05) is 23.9 Å². The van der Waals surface area contributed by atoms with Crippen LogP contribution in [-0.2, 0) is 27.9 Å². The van der Waals surface area contributed by atoms with Crippen LogP contribution in [0.1, 0.15) is 35.6 Å². The monoisotopic (exact) mass is 553 g/mol. The maximum Gasteiger partial charge on any atom is 0.338 e. The lowest BCUT2D eigenvalue weighted by atomic mass is 10.2. The minimum Gasteiger partial charge on any atom is -0.493 e. The molecule has 3 aromatic rings. The molecule has 0 saturated carbocycles. The highest BCUT2D eigenvalue weighted by Gasteiger charge is 2.14. The second-order valence-electron chi connectivity index (χ2n) is 8.50. The average molecular weight is 554 g/mol. The Morgan fingerprint density at radius 1 is 1.05 bits per heavy atom. The number of esters is 1. The molecule has 11 nitrogen and oxygen atoms in total. The second-order valence-corrected chi connectivity index (χ2v) is 9.44. The molecule has 0 fully saturated rings. The van der Waals surface area contributed by atoms with Crippen molar-refractivity contribution in [3.05, 3.63) is 65.5 Å². The maximum atomic E-state index is 12.5. The first-order chi connectivity index (χ1) is 18.7. The van der Waals surface area contributed by atoms with Gasteiger partial charge in [-0.05, 0) is 55.8 Å². The quantitative estimate of drug-likeness (QED) is 0.196. The number of methoxy groups -OCH3 is 2. The van der Waals surface area contributed by atoms with E-state index < -0.39 is 5.97 Å². The summed E-state index contributed by atoms with van der Waals surface area (Å²) in [6.45, 7) is 3.70. The van der Waals surface area contributed by atoms with E-state index in [-0.39, 0.29) is 30.2 Å². The lowest BCUT2D eigenvalue weighted by Crippen LogP contribution is -2.22. The summed E-state index contributed by atoms with van der Waals surface area (Å²) in [7, 11) is 4.86. The van der Waals surface area contributed by atoms with Gasteiger partial charge in [0.25, 0.3) is 0 Å². The molecule has 39 heavy (non-hydrogen) atoms. The molecule has 0 radical (unpaired) electrons. The van der Waals surface area contributed by atoms with E-state index in [0.717, 1.165) is 5.56 Å². The van der Waals surface area contributed by atoms with E-state index in [0.29, 0.717) is 33.7 Å². The Morgan fingerprint density at radius 2 is 1.82 bits per heavy atom. The third kappa shape index (κ3) is 8.60. The molecule has 0 saturated heterocycles. The maximum absolute atomic E-state index is 12.5. The van der Waals surface area contributed by atoms with Gasteiger partial charge >= 0.3 is 5.97 Å². The van der Waals surface area contributed by atoms with Gasteiger partial charge in [0.1, 0.15) is 0 Å². The van der Waals surface area contributed by atoms with E-state index >= 15 is 0 Å². The van der Waals surface area contributed by atoms with E-state index in [9.17, 15) is 14.4 Å². The topological polar surface area (TPSA) is 134 Å². The molecule has 0 aliphatic rings. The molecular formula is C27H31N5O6S. The minimum atomic E-state index is -0.453. The van der Waals surface area contributed by atoms with Crippen molar-refractivity contribution in [1.29, 1.82) is 0 Å². The summed E-state index contributed by atoms with van der Waals surface area (Å²) in [5.41, 5.74) is 1.62. The third-order valence-corrected chi connectivity index (χ3v) is 6.26. The van der Waals surface area contributed by atoms with Gasteiger partial charge in [0, 0.05) is 18.8 Å². The summed E-state index contributed by atoms with van der Waals surface area (Å²) >= 11 is 1.20. The van der Waals surface area contributed by atoms with Crippen molar-refractivity contribution in [3.63, 3.8) is 0 Å². The predicted molar refractivity (Wildman–Crippen MR) is 148 cm³/mol. The molecule has 2 N–H and O–H groups in total. The van der Waals surface area contributed by atoms with Crippen molar-refractivity contribution in [2.24, 2.45) is 7.05 Å². The smallest absolute Gasteiger partial charge is 0.338 e. The molecule has 0 unspecified atom stereocenters. The predicted octanol–water partition coefficient (Wildman–Crippen LogP) is 3.46. The molecule has 0 aliphatic heterocycles. The van der Waals surface area contributed by atoms with Gasteiger partial charge in [-0.25, -0.2) is 4.79 Å². The molecule has 2 amide bonds. The molecule has 2 aromatic carbocycles. The number of aromatic nitrogens is 3. The normalized spacial score (nSPS) is 10.9. The third-order valence-electron chi connectivity index (χ3n) is 5.24. The SMILES string of the molecule is COc1ccc(C=CC(=O)NCc2nnc(SCC(=O)Nc3cccc(C(=O)OC(C)C)c3)n2C)cc1OC. The van der Waals surface area contributed by atoms with Gasteiger partial charge in [0.05, 0.1) is 38.2 Å². The van der Waals surface area contributed by atoms with Gasteiger partial charge in [-0.2, -0.15) is 0 Å². The number of carbonyl (C=O) groups excluding carboxylic acids is 3. The molecule has 1 heterocycles. The van der Waals surface area contributed by atoms with Crippen LogP contribution in [0, 0.1) is 0 Å². The van der Waals surface area contributed by atoms with Crippen LogP contribution in [0.2, 0.25) is 0 Å². The van der Waals surface area contributed by atoms with Crippen LogP contribution in [-0.4, -0.2) is 58.6 Å². The number of ether oxygens (including phenoxy) is 3. The number of anilines is 1. The Labute approximate surface area is 230 Å². The molecular weight excluding hydrogens is 522 g/mol. The number of hydrogen-bond acceptors (Lipinski definition) is 9. The van der Waals surface area contributed by atoms with Gasteiger partial charge in [0.15, 0.2) is 22.5 Å². The Morgan fingerprint density at radius 3 is 2.54 bits per heavy atom. The molecule has 0 atom stereocenters. The Bertz CT molecular complexity index is 1350. The molecule has 1 aromatic heterocycles. The largest absolute Gasteiger partial charge is 0.493 e. The minimum absolute atomic E-state index is 0.0765. The molecule has 0 spiro atoms. The zero-order chi connectivity index (χ0) is 28.4. The highest BCUT2D eigenvalue weighted by molar-refractivity contribution is 7.99. The standard InChI is InChI=1S/C27H31N5O6S/c1-17(2)38-26(35)19-7-6-8-20(14-19)29-25(34)16-39-27-31-30-23(32(27)3)15-28-24(33)12-10-18-9-11-21(36-4)22(13-18)37-5/h6-14,17H,15-16H2,1-5H3,(H,28,33)(H,29,34). The average Bonchev–Trinajstić information content (AvgIpc) is 3.27. The number of carbonyl (C=O) groups is 3. The van der Waals surface area contributed by atoms with E-state index in [1.165, 1.54) is 17.8 Å². The fourth-order valence-electron chi connectivity index (χ4n) is 3.31. The number of benzene rings is 2.